The second-order valence-corrected chi connectivity index (χ2v) is 17.4. The summed E-state index contributed by atoms with van der Waals surface area (Å²) in [6.07, 6.45) is 10.7. The number of benzene rings is 3. The van der Waals surface area contributed by atoms with E-state index in [1.807, 2.05) is 49.4 Å². The minimum Gasteiger partial charge on any atom is -0.354 e. The molecular weight excluding hydrogens is 677 g/mol. The second-order valence-electron chi connectivity index (χ2n) is 14.6. The van der Waals surface area contributed by atoms with Crippen molar-refractivity contribution < 1.29 is 18.0 Å². The minimum absolute atomic E-state index is 0.0387. The highest BCUT2D eigenvalue weighted by Gasteiger charge is 2.51. The minimum atomic E-state index is -3.87. The average molecular weight is 725 g/mol. The summed E-state index contributed by atoms with van der Waals surface area (Å²) in [6, 6.07) is 21.6. The van der Waals surface area contributed by atoms with Gasteiger partial charge in [-0.15, -0.1) is 0 Å². The molecule has 2 amide bonds. The molecule has 4 aliphatic rings. The number of rotatable bonds is 14. The number of carbonyl (C=O) groups excluding carboxylic acids is 2. The van der Waals surface area contributed by atoms with Crippen LogP contribution in [0.4, 0.5) is 5.69 Å². The summed E-state index contributed by atoms with van der Waals surface area (Å²) in [6.45, 7) is 2.10. The maximum absolute atomic E-state index is 14.5. The molecule has 4 aliphatic carbocycles. The van der Waals surface area contributed by atoms with Gasteiger partial charge in [-0.2, -0.15) is 0 Å². The van der Waals surface area contributed by atoms with Crippen molar-refractivity contribution in [2.45, 2.75) is 82.7 Å². The lowest BCUT2D eigenvalue weighted by molar-refractivity contribution is -0.140. The van der Waals surface area contributed by atoms with Crippen LogP contribution in [0.25, 0.3) is 0 Å². The van der Waals surface area contributed by atoms with Gasteiger partial charge in [-0.3, -0.25) is 13.9 Å². The molecule has 0 saturated heterocycles. The van der Waals surface area contributed by atoms with Gasteiger partial charge in [0.25, 0.3) is 0 Å². The third kappa shape index (κ3) is 8.29. The first-order valence-electron chi connectivity index (χ1n) is 17.6. The highest BCUT2D eigenvalue weighted by Crippen LogP contribution is 2.60. The van der Waals surface area contributed by atoms with Crippen LogP contribution < -0.4 is 9.62 Å². The number of unbranched alkanes of at least 4 members (excludes halogenated alkanes) is 1. The number of halogens is 2. The number of hydrogen-bond acceptors (Lipinski definition) is 4. The Bertz CT molecular complexity index is 1710. The van der Waals surface area contributed by atoms with Gasteiger partial charge in [-0.1, -0.05) is 85.1 Å². The number of sulfonamides is 1. The van der Waals surface area contributed by atoms with Crippen LogP contribution in [0, 0.1) is 17.8 Å². The van der Waals surface area contributed by atoms with Crippen molar-refractivity contribution in [3.63, 3.8) is 0 Å². The Morgan fingerprint density at radius 3 is 2.08 bits per heavy atom. The normalized spacial score (nSPS) is 23.2. The SMILES string of the molecule is CCCCNC(=O)[C@@H](Cc1ccccc1)N(Cc1ccc(Cl)c(Cl)c1)C(=O)CN(c1ccc(C23CC4CC(CC(C4)C2)C3)cc1)S(C)(=O)=O. The van der Waals surface area contributed by atoms with E-state index in [4.69, 9.17) is 23.2 Å². The van der Waals surface area contributed by atoms with Crippen molar-refractivity contribution in [2.75, 3.05) is 23.7 Å². The van der Waals surface area contributed by atoms with E-state index in [1.54, 1.807) is 18.2 Å². The molecule has 0 radical (unpaired) electrons. The van der Waals surface area contributed by atoms with Crippen LogP contribution in [0.2, 0.25) is 10.0 Å². The molecule has 0 aromatic heterocycles. The number of carbonyl (C=O) groups is 2. The first-order valence-corrected chi connectivity index (χ1v) is 20.2. The Balaban J connectivity index is 1.30. The van der Waals surface area contributed by atoms with Crippen LogP contribution in [-0.2, 0) is 38.0 Å². The molecule has 0 aliphatic heterocycles. The van der Waals surface area contributed by atoms with Crippen LogP contribution in [-0.4, -0.2) is 50.5 Å². The summed E-state index contributed by atoms with van der Waals surface area (Å²) in [5.74, 6) is 1.59. The molecule has 3 aromatic rings. The summed E-state index contributed by atoms with van der Waals surface area (Å²) in [5.41, 5.74) is 3.44. The zero-order chi connectivity index (χ0) is 34.8. The number of amides is 2. The zero-order valence-corrected chi connectivity index (χ0v) is 30.7. The number of nitrogens with zero attached hydrogens (tertiary/aromatic N) is 2. The lowest BCUT2D eigenvalue weighted by Gasteiger charge is -2.57. The molecular formula is C39H47Cl2N3O4S. The monoisotopic (exact) mass is 723 g/mol. The van der Waals surface area contributed by atoms with Gasteiger partial charge in [0, 0.05) is 19.5 Å². The topological polar surface area (TPSA) is 86.8 Å². The van der Waals surface area contributed by atoms with Crippen LogP contribution >= 0.6 is 23.2 Å². The molecule has 4 saturated carbocycles. The molecule has 262 valence electrons. The van der Waals surface area contributed by atoms with Crippen molar-refractivity contribution in [1.29, 1.82) is 0 Å². The van der Waals surface area contributed by atoms with E-state index in [2.05, 4.69) is 17.4 Å². The molecule has 1 N–H and O–H groups in total. The van der Waals surface area contributed by atoms with E-state index >= 15 is 0 Å². The van der Waals surface area contributed by atoms with Gasteiger partial charge >= 0.3 is 0 Å². The van der Waals surface area contributed by atoms with Gasteiger partial charge in [-0.05, 0) is 109 Å². The highest BCUT2D eigenvalue weighted by atomic mass is 35.5. The van der Waals surface area contributed by atoms with E-state index in [9.17, 15) is 18.0 Å². The van der Waals surface area contributed by atoms with Gasteiger partial charge in [0.2, 0.25) is 21.8 Å². The first-order chi connectivity index (χ1) is 23.4. The number of anilines is 1. The largest absolute Gasteiger partial charge is 0.354 e. The quantitative estimate of drug-likeness (QED) is 0.172. The fourth-order valence-electron chi connectivity index (χ4n) is 8.95. The molecule has 0 spiro atoms. The van der Waals surface area contributed by atoms with Gasteiger partial charge in [0.15, 0.2) is 0 Å². The summed E-state index contributed by atoms with van der Waals surface area (Å²) in [4.78, 5) is 29.8. The van der Waals surface area contributed by atoms with Crippen molar-refractivity contribution in [2.24, 2.45) is 17.8 Å². The second kappa shape index (κ2) is 15.0. The van der Waals surface area contributed by atoms with Gasteiger partial charge < -0.3 is 10.2 Å². The lowest BCUT2D eigenvalue weighted by Crippen LogP contribution is -2.53. The molecule has 0 unspecified atom stereocenters. The maximum Gasteiger partial charge on any atom is 0.244 e. The Morgan fingerprint density at radius 2 is 1.51 bits per heavy atom. The molecule has 10 heteroatoms. The Labute approximate surface area is 301 Å². The molecule has 1 atom stereocenters. The van der Waals surface area contributed by atoms with Crippen LogP contribution in [0.3, 0.4) is 0 Å². The van der Waals surface area contributed by atoms with E-state index in [0.29, 0.717) is 27.8 Å². The van der Waals surface area contributed by atoms with Crippen LogP contribution in [0.15, 0.2) is 72.8 Å². The third-order valence-corrected chi connectivity index (χ3v) is 12.8. The fourth-order valence-corrected chi connectivity index (χ4v) is 10.1. The smallest absolute Gasteiger partial charge is 0.244 e. The molecule has 0 heterocycles. The van der Waals surface area contributed by atoms with Gasteiger partial charge in [0.05, 0.1) is 22.0 Å². The summed E-state index contributed by atoms with van der Waals surface area (Å²) < 4.78 is 27.9. The van der Waals surface area contributed by atoms with Crippen LogP contribution in [0.1, 0.15) is 75.0 Å². The Kier molecular flexibility index (Phi) is 11.0. The standard InChI is InChI=1S/C39H47Cl2N3O4S/c1-3-4-16-42-38(46)36(21-27-8-6-5-7-9-27)43(25-28-10-15-34(40)35(41)20-28)37(45)26-44(49(2,47)48)33-13-11-32(12-14-33)39-22-29-17-30(23-39)19-31(18-29)24-39/h5-15,20,29-31,36H,3-4,16-19,21-26H2,1-2H3,(H,42,46)/t29?,30?,31?,36-,39?/m1/s1. The van der Waals surface area contributed by atoms with Crippen molar-refractivity contribution in [3.05, 3.63) is 99.5 Å². The van der Waals surface area contributed by atoms with Gasteiger partial charge in [-0.25, -0.2) is 8.42 Å². The number of hydrogen-bond donors (Lipinski definition) is 1. The maximum atomic E-state index is 14.5. The third-order valence-electron chi connectivity index (χ3n) is 10.9. The Hall–Kier alpha value is -3.07. The van der Waals surface area contributed by atoms with E-state index in [0.717, 1.165) is 46.7 Å². The van der Waals surface area contributed by atoms with Crippen molar-refractivity contribution in [1.82, 2.24) is 10.2 Å². The lowest BCUT2D eigenvalue weighted by atomic mass is 9.48. The predicted octanol–water partition coefficient (Wildman–Crippen LogP) is 7.78. The van der Waals surface area contributed by atoms with Crippen molar-refractivity contribution in [3.8, 4) is 0 Å². The number of nitrogens with one attached hydrogen (secondary N) is 1. The summed E-state index contributed by atoms with van der Waals surface area (Å²) >= 11 is 12.6. The fraction of sp³-hybridized carbons (Fsp3) is 0.487. The molecule has 7 rings (SSSR count). The van der Waals surface area contributed by atoms with Crippen LogP contribution in [0.5, 0.6) is 0 Å². The molecule has 7 nitrogen and oxygen atoms in total. The highest BCUT2D eigenvalue weighted by molar-refractivity contribution is 7.92. The molecule has 4 fully saturated rings. The van der Waals surface area contributed by atoms with Gasteiger partial charge in [0.1, 0.15) is 12.6 Å². The average Bonchev–Trinajstić information content (AvgIpc) is 3.06. The molecule has 4 bridgehead atoms. The predicted molar refractivity (Wildman–Crippen MR) is 197 cm³/mol. The first kappa shape index (κ1) is 35.7. The molecule has 3 aromatic carbocycles. The van der Waals surface area contributed by atoms with E-state index < -0.39 is 28.5 Å². The zero-order valence-electron chi connectivity index (χ0n) is 28.4. The van der Waals surface area contributed by atoms with E-state index in [1.165, 1.54) is 49.0 Å². The molecule has 49 heavy (non-hydrogen) atoms. The Morgan fingerprint density at radius 1 is 0.878 bits per heavy atom. The van der Waals surface area contributed by atoms with E-state index in [-0.39, 0.29) is 24.3 Å². The summed E-state index contributed by atoms with van der Waals surface area (Å²) in [7, 11) is -3.87. The summed E-state index contributed by atoms with van der Waals surface area (Å²) in [5, 5.41) is 3.71. The van der Waals surface area contributed by atoms with Crippen molar-refractivity contribution >= 4 is 50.7 Å².